The SMILES string of the molecule is CC.O=C(NCC1CC1)c1c(CC(=O)C2CC2)sc2c1CCCC2.[HH]. The second kappa shape index (κ2) is 7.81. The fraction of sp³-hybridized carbons (Fsp3) is 0.700. The Morgan fingerprint density at radius 3 is 2.50 bits per heavy atom. The summed E-state index contributed by atoms with van der Waals surface area (Å²) < 4.78 is 0. The lowest BCUT2D eigenvalue weighted by Crippen LogP contribution is -2.27. The van der Waals surface area contributed by atoms with E-state index in [-0.39, 0.29) is 13.3 Å². The second-order valence-corrected chi connectivity index (χ2v) is 8.27. The van der Waals surface area contributed by atoms with Crippen LogP contribution >= 0.6 is 11.3 Å². The topological polar surface area (TPSA) is 46.2 Å². The molecule has 134 valence electrons. The summed E-state index contributed by atoms with van der Waals surface area (Å²) in [5, 5.41) is 3.11. The molecule has 4 rings (SSSR count). The maximum Gasteiger partial charge on any atom is 0.252 e. The second-order valence-electron chi connectivity index (χ2n) is 7.08. The molecule has 24 heavy (non-hydrogen) atoms. The number of carbonyl (C=O) groups excluding carboxylic acids is 2. The van der Waals surface area contributed by atoms with Crippen LogP contribution in [-0.2, 0) is 24.1 Å². The summed E-state index contributed by atoms with van der Waals surface area (Å²) in [5.74, 6) is 1.39. The number of Topliss-reactive ketones (excluding diaryl/α,β-unsaturated/α-hetero) is 1. The lowest BCUT2D eigenvalue weighted by Gasteiger charge is -2.13. The Bertz CT molecular complexity index is 617. The molecule has 0 saturated heterocycles. The first-order valence-corrected chi connectivity index (χ1v) is 10.5. The van der Waals surface area contributed by atoms with E-state index in [1.807, 2.05) is 13.8 Å². The summed E-state index contributed by atoms with van der Waals surface area (Å²) in [6.07, 6.45) is 9.55. The Morgan fingerprint density at radius 2 is 1.83 bits per heavy atom. The van der Waals surface area contributed by atoms with Gasteiger partial charge in [-0.1, -0.05) is 13.8 Å². The van der Waals surface area contributed by atoms with Crippen LogP contribution in [0.25, 0.3) is 0 Å². The first-order valence-electron chi connectivity index (χ1n) is 9.66. The molecule has 0 unspecified atom stereocenters. The molecule has 1 amide bonds. The van der Waals surface area contributed by atoms with Gasteiger partial charge in [-0.3, -0.25) is 9.59 Å². The third kappa shape index (κ3) is 4.08. The normalized spacial score (nSPS) is 19.1. The molecule has 0 aromatic carbocycles. The summed E-state index contributed by atoms with van der Waals surface area (Å²) in [5.41, 5.74) is 2.12. The number of thiophene rings is 1. The zero-order valence-electron chi connectivity index (χ0n) is 15.0. The highest BCUT2D eigenvalue weighted by Crippen LogP contribution is 2.37. The van der Waals surface area contributed by atoms with Gasteiger partial charge in [0.2, 0.25) is 0 Å². The van der Waals surface area contributed by atoms with E-state index in [4.69, 9.17) is 0 Å². The van der Waals surface area contributed by atoms with Crippen LogP contribution in [0.3, 0.4) is 0 Å². The lowest BCUT2D eigenvalue weighted by molar-refractivity contribution is -0.119. The van der Waals surface area contributed by atoms with E-state index in [2.05, 4.69) is 5.32 Å². The van der Waals surface area contributed by atoms with E-state index in [1.165, 1.54) is 36.1 Å². The van der Waals surface area contributed by atoms with Crippen molar-refractivity contribution in [3.8, 4) is 0 Å². The van der Waals surface area contributed by atoms with E-state index in [0.29, 0.717) is 18.1 Å². The Balaban J connectivity index is 0.000000726. The molecule has 2 fully saturated rings. The number of ketones is 1. The number of aryl methyl sites for hydroxylation is 1. The van der Waals surface area contributed by atoms with Crippen LogP contribution in [0.2, 0.25) is 0 Å². The number of nitrogens with one attached hydrogen (secondary N) is 1. The van der Waals surface area contributed by atoms with Gasteiger partial charge in [0.25, 0.3) is 5.91 Å². The average Bonchev–Trinajstić information content (AvgIpc) is 3.50. The Labute approximate surface area is 150 Å². The van der Waals surface area contributed by atoms with Crippen molar-refractivity contribution in [1.82, 2.24) is 5.32 Å². The van der Waals surface area contributed by atoms with Crippen molar-refractivity contribution in [3.63, 3.8) is 0 Å². The highest BCUT2D eigenvalue weighted by Gasteiger charge is 2.33. The predicted octanol–water partition coefficient (Wildman–Crippen LogP) is 4.56. The van der Waals surface area contributed by atoms with E-state index in [9.17, 15) is 9.59 Å². The minimum absolute atomic E-state index is 0. The summed E-state index contributed by atoms with van der Waals surface area (Å²) in [4.78, 5) is 27.3. The molecule has 2 saturated carbocycles. The maximum atomic E-state index is 12.7. The highest BCUT2D eigenvalue weighted by atomic mass is 32.1. The number of fused-ring (bicyclic) bond motifs is 1. The molecule has 4 heteroatoms. The van der Waals surface area contributed by atoms with Gasteiger partial charge in [0.05, 0.1) is 5.56 Å². The van der Waals surface area contributed by atoms with Gasteiger partial charge in [-0.2, -0.15) is 0 Å². The van der Waals surface area contributed by atoms with E-state index >= 15 is 0 Å². The van der Waals surface area contributed by atoms with Crippen LogP contribution < -0.4 is 5.32 Å². The van der Waals surface area contributed by atoms with E-state index in [0.717, 1.165) is 42.7 Å². The predicted molar refractivity (Wildman–Crippen MR) is 101 cm³/mol. The van der Waals surface area contributed by atoms with Crippen LogP contribution in [0.4, 0.5) is 0 Å². The lowest BCUT2D eigenvalue weighted by atomic mass is 9.93. The molecule has 3 nitrogen and oxygen atoms in total. The van der Waals surface area contributed by atoms with Gasteiger partial charge < -0.3 is 5.32 Å². The molecule has 1 heterocycles. The van der Waals surface area contributed by atoms with Gasteiger partial charge in [0.15, 0.2) is 0 Å². The monoisotopic (exact) mass is 349 g/mol. The van der Waals surface area contributed by atoms with Crippen LogP contribution in [0.5, 0.6) is 0 Å². The molecule has 0 atom stereocenters. The zero-order valence-corrected chi connectivity index (χ0v) is 15.8. The summed E-state index contributed by atoms with van der Waals surface area (Å²) in [6, 6.07) is 0. The molecular weight excluding hydrogens is 318 g/mol. The van der Waals surface area contributed by atoms with Crippen LogP contribution in [0.1, 0.15) is 79.5 Å². The zero-order chi connectivity index (χ0) is 17.1. The fourth-order valence-corrected chi connectivity index (χ4v) is 4.77. The van der Waals surface area contributed by atoms with Gasteiger partial charge in [0.1, 0.15) is 5.78 Å². The van der Waals surface area contributed by atoms with Crippen molar-refractivity contribution in [2.75, 3.05) is 6.54 Å². The van der Waals surface area contributed by atoms with Crippen molar-refractivity contribution < 1.29 is 11.0 Å². The molecule has 1 N–H and O–H groups in total. The molecule has 1 aromatic heterocycles. The third-order valence-corrected chi connectivity index (χ3v) is 6.38. The van der Waals surface area contributed by atoms with Crippen molar-refractivity contribution in [1.29, 1.82) is 0 Å². The van der Waals surface area contributed by atoms with E-state index in [1.54, 1.807) is 11.3 Å². The van der Waals surface area contributed by atoms with E-state index < -0.39 is 0 Å². The molecule has 3 aliphatic carbocycles. The van der Waals surface area contributed by atoms with Crippen molar-refractivity contribution >= 4 is 23.0 Å². The van der Waals surface area contributed by atoms with Gasteiger partial charge >= 0.3 is 0 Å². The first-order chi connectivity index (χ1) is 11.7. The van der Waals surface area contributed by atoms with Crippen LogP contribution in [0, 0.1) is 11.8 Å². The summed E-state index contributed by atoms with van der Waals surface area (Å²) in [7, 11) is 0. The average molecular weight is 350 g/mol. The van der Waals surface area contributed by atoms with Gasteiger partial charge in [-0.25, -0.2) is 0 Å². The third-order valence-electron chi connectivity index (χ3n) is 5.09. The van der Waals surface area contributed by atoms with Gasteiger partial charge in [-0.15, -0.1) is 11.3 Å². The quantitative estimate of drug-likeness (QED) is 0.818. The minimum atomic E-state index is 0. The Morgan fingerprint density at radius 1 is 1.12 bits per heavy atom. The first kappa shape index (κ1) is 17.7. The number of hydrogen-bond donors (Lipinski definition) is 1. The Hall–Kier alpha value is -1.16. The molecule has 1 aromatic rings. The number of rotatable bonds is 6. The van der Waals surface area contributed by atoms with Crippen molar-refractivity contribution in [3.05, 3.63) is 20.9 Å². The molecule has 3 aliphatic rings. The molecule has 0 radical (unpaired) electrons. The molecule has 0 bridgehead atoms. The minimum Gasteiger partial charge on any atom is -0.352 e. The standard InChI is InChI=1S/C18H23NO2S.C2H6.H2/c20-14(12-7-8-12)9-16-17(18(21)19-10-11-5-6-11)13-3-1-2-4-15(13)22-16;1-2;/h11-12H,1-10H2,(H,19,21);1-2H3;1H. The van der Waals surface area contributed by atoms with Crippen molar-refractivity contribution in [2.45, 2.75) is 71.6 Å². The van der Waals surface area contributed by atoms with Crippen LogP contribution in [-0.4, -0.2) is 18.2 Å². The molecular formula is C20H31NO2S. The molecule has 0 spiro atoms. The molecule has 0 aliphatic heterocycles. The fourth-order valence-electron chi connectivity index (χ4n) is 3.37. The summed E-state index contributed by atoms with van der Waals surface area (Å²) >= 11 is 1.73. The Kier molecular flexibility index (Phi) is 5.75. The van der Waals surface area contributed by atoms with Crippen LogP contribution in [0.15, 0.2) is 0 Å². The number of amides is 1. The van der Waals surface area contributed by atoms with Gasteiger partial charge in [0, 0.05) is 30.1 Å². The van der Waals surface area contributed by atoms with Gasteiger partial charge in [-0.05, 0) is 62.8 Å². The number of hydrogen-bond acceptors (Lipinski definition) is 3. The highest BCUT2D eigenvalue weighted by molar-refractivity contribution is 7.12. The van der Waals surface area contributed by atoms with Crippen molar-refractivity contribution in [2.24, 2.45) is 11.8 Å². The summed E-state index contributed by atoms with van der Waals surface area (Å²) in [6.45, 7) is 4.81. The largest absolute Gasteiger partial charge is 0.352 e. The maximum absolute atomic E-state index is 12.7. The number of carbonyl (C=O) groups is 2. The smallest absolute Gasteiger partial charge is 0.252 e.